The Morgan fingerprint density at radius 3 is 0.940 bits per heavy atom. The van der Waals surface area contributed by atoms with E-state index in [0.717, 1.165) is 55.6 Å². The molecule has 83 heavy (non-hydrogen) atoms. The van der Waals surface area contributed by atoms with Crippen LogP contribution in [0.1, 0.15) is 127 Å². The minimum Gasteiger partial charge on any atom is -0.289 e. The number of carbonyl (C=O) groups excluding carboxylic acids is 5. The number of rotatable bonds is 11. The van der Waals surface area contributed by atoms with Crippen molar-refractivity contribution in [2.45, 2.75) is 55.4 Å². The van der Waals surface area contributed by atoms with Gasteiger partial charge in [0.05, 0.1) is 5.02 Å². The van der Waals surface area contributed by atoms with Gasteiger partial charge < -0.3 is 0 Å². The number of halogens is 3. The molecule has 0 saturated carbocycles. The first-order chi connectivity index (χ1) is 40.1. The van der Waals surface area contributed by atoms with Gasteiger partial charge in [-0.15, -0.1) is 23.2 Å². The molecular weight excluding hydrogens is 1090 g/mol. The van der Waals surface area contributed by atoms with E-state index in [0.29, 0.717) is 38.4 Å². The summed E-state index contributed by atoms with van der Waals surface area (Å²) in [5.41, 5.74) is 15.2. The molecule has 0 fully saturated rings. The standard InChI is InChI=1S/C28H22O2.C15H14O.C14H11ClO.C14H12O.C2H6.2CH3Cl/c1-19-10-14-21(15-11-19)27(29)24-7-5-6-23(18-24)25-8-3-4-9-26(25)28(30)22-16-12-20(2)13-17-22;1-11-6-8-13(9-7-11)15(16)14-5-3-4-12(2)10-14;1-10-6-8-11(9-7-10)14(16)12-4-2-3-5-13(12)15;1-11-7-9-13(10-8-11)14(15)12-5-3-2-4-6-12;3*1-2/h3-18H,1-2H3;3-10H,1-2H3;2-9H,1H3;2-10H,1H3;1-2H3;2*1H3. The van der Waals surface area contributed by atoms with Crippen molar-refractivity contribution in [1.29, 1.82) is 0 Å². The number of carbonyl (C=O) groups is 5. The van der Waals surface area contributed by atoms with Crippen LogP contribution >= 0.6 is 34.8 Å². The van der Waals surface area contributed by atoms with Crippen LogP contribution in [-0.4, -0.2) is 41.7 Å². The Morgan fingerprint density at radius 1 is 0.253 bits per heavy atom. The molecule has 0 bridgehead atoms. The summed E-state index contributed by atoms with van der Waals surface area (Å²) >= 11 is 15.3. The summed E-state index contributed by atoms with van der Waals surface area (Å²) in [6.45, 7) is 16.0. The molecule has 0 aliphatic rings. The molecule has 0 heterocycles. The average Bonchev–Trinajstić information content (AvgIpc) is 3.54. The van der Waals surface area contributed by atoms with Crippen molar-refractivity contribution >= 4 is 63.7 Å². The third-order valence-electron chi connectivity index (χ3n) is 12.6. The van der Waals surface area contributed by atoms with Crippen molar-refractivity contribution in [3.8, 4) is 11.1 Å². The Hall–Kier alpha value is -8.58. The molecule has 0 aromatic heterocycles. The summed E-state index contributed by atoms with van der Waals surface area (Å²) in [5.74, 6) is 0.0740. The fraction of sp³-hybridized carbons (Fsp3) is 0.133. The van der Waals surface area contributed by atoms with Crippen LogP contribution in [0.25, 0.3) is 11.1 Å². The number of ketones is 5. The van der Waals surface area contributed by atoms with E-state index in [2.05, 4.69) is 23.2 Å². The van der Waals surface area contributed by atoms with Crippen molar-refractivity contribution in [1.82, 2.24) is 0 Å². The fourth-order valence-electron chi connectivity index (χ4n) is 8.12. The quantitative estimate of drug-likeness (QED) is 0.0951. The highest BCUT2D eigenvalue weighted by Crippen LogP contribution is 2.28. The molecule has 0 saturated heterocycles. The van der Waals surface area contributed by atoms with Crippen LogP contribution in [0.2, 0.25) is 5.02 Å². The molecule has 0 aliphatic heterocycles. The third kappa shape index (κ3) is 20.4. The van der Waals surface area contributed by atoms with E-state index in [9.17, 15) is 24.0 Å². The Kier molecular flexibility index (Phi) is 28.5. The van der Waals surface area contributed by atoms with Gasteiger partial charge in [-0.05, 0) is 76.9 Å². The highest BCUT2D eigenvalue weighted by molar-refractivity contribution is 6.35. The SMILES string of the molecule is CC.CCl.CCl.Cc1ccc(C(=O)c2cccc(-c3ccccc3C(=O)c3ccc(C)cc3)c2)cc1.Cc1ccc(C(=O)c2cccc(C)c2)cc1.Cc1ccc(C(=O)c2ccccc2)cc1.Cc1ccc(C(=O)c2ccccc2Cl)cc1. The van der Waals surface area contributed by atoms with Crippen LogP contribution in [0.5, 0.6) is 0 Å². The monoisotopic (exact) mass is 1160 g/mol. The maximum absolute atomic E-state index is 13.2. The third-order valence-corrected chi connectivity index (χ3v) is 12.9. The molecule has 0 atom stereocenters. The van der Waals surface area contributed by atoms with E-state index in [1.165, 1.54) is 23.9 Å². The highest BCUT2D eigenvalue weighted by Gasteiger charge is 2.17. The van der Waals surface area contributed by atoms with Gasteiger partial charge in [0.25, 0.3) is 0 Å². The van der Waals surface area contributed by atoms with Gasteiger partial charge in [-0.25, -0.2) is 0 Å². The molecule has 0 amide bonds. The second kappa shape index (κ2) is 35.3. The number of aryl methyl sites for hydroxylation is 6. The summed E-state index contributed by atoms with van der Waals surface area (Å²) < 4.78 is 0. The van der Waals surface area contributed by atoms with Gasteiger partial charge in [-0.2, -0.15) is 0 Å². The summed E-state index contributed by atoms with van der Waals surface area (Å²) in [6, 6.07) is 77.1. The summed E-state index contributed by atoms with van der Waals surface area (Å²) in [5, 5.41) is 0.494. The maximum atomic E-state index is 13.2. The smallest absolute Gasteiger partial charge is 0.194 e. The molecule has 0 spiro atoms. The predicted octanol–water partition coefficient (Wildman–Crippen LogP) is 19.8. The molecule has 10 aromatic rings. The van der Waals surface area contributed by atoms with Crippen LogP contribution in [0.4, 0.5) is 0 Å². The van der Waals surface area contributed by atoms with Gasteiger partial charge in [-0.3, -0.25) is 24.0 Å². The lowest BCUT2D eigenvalue weighted by atomic mass is 9.92. The molecule has 8 heteroatoms. The fourth-order valence-corrected chi connectivity index (χ4v) is 8.34. The number of benzene rings is 10. The van der Waals surface area contributed by atoms with Crippen molar-refractivity contribution in [2.24, 2.45) is 0 Å². The van der Waals surface area contributed by atoms with Crippen molar-refractivity contribution in [3.05, 3.63) is 343 Å². The van der Waals surface area contributed by atoms with Gasteiger partial charge in [0, 0.05) is 68.4 Å². The minimum atomic E-state index is -0.0365. The van der Waals surface area contributed by atoms with E-state index in [4.69, 9.17) is 11.6 Å². The van der Waals surface area contributed by atoms with Gasteiger partial charge in [-0.1, -0.05) is 283 Å². The zero-order valence-electron chi connectivity index (χ0n) is 48.8. The van der Waals surface area contributed by atoms with E-state index in [1.807, 2.05) is 292 Å². The Bertz CT molecular complexity index is 3650. The maximum Gasteiger partial charge on any atom is 0.194 e. The first kappa shape index (κ1) is 66.9. The molecule has 0 unspecified atom stereocenters. The summed E-state index contributed by atoms with van der Waals surface area (Å²) in [7, 11) is 0. The molecule has 0 radical (unpaired) electrons. The second-order valence-electron chi connectivity index (χ2n) is 18.8. The van der Waals surface area contributed by atoms with Gasteiger partial charge >= 0.3 is 0 Å². The molecule has 5 nitrogen and oxygen atoms in total. The normalized spacial score (nSPS) is 9.75. The highest BCUT2D eigenvalue weighted by atomic mass is 35.5. The lowest BCUT2D eigenvalue weighted by Crippen LogP contribution is -2.04. The number of alkyl halides is 2. The average molecular weight is 1160 g/mol. The number of hydrogen-bond acceptors (Lipinski definition) is 5. The molecule has 10 aromatic carbocycles. The van der Waals surface area contributed by atoms with Gasteiger partial charge in [0.15, 0.2) is 28.9 Å². The largest absolute Gasteiger partial charge is 0.289 e. The first-order valence-electron chi connectivity index (χ1n) is 27.0. The molecule has 0 N–H and O–H groups in total. The van der Waals surface area contributed by atoms with Gasteiger partial charge in [0.2, 0.25) is 0 Å². The van der Waals surface area contributed by atoms with E-state index in [-0.39, 0.29) is 28.9 Å². The molecule has 422 valence electrons. The topological polar surface area (TPSA) is 85.3 Å². The Morgan fingerprint density at radius 2 is 0.542 bits per heavy atom. The molecular formula is C75H71Cl3O5. The van der Waals surface area contributed by atoms with Crippen LogP contribution in [-0.2, 0) is 0 Å². The van der Waals surface area contributed by atoms with Crippen LogP contribution in [0.15, 0.2) is 249 Å². The van der Waals surface area contributed by atoms with E-state index < -0.39 is 0 Å². The number of hydrogen-bond donors (Lipinski definition) is 0. The van der Waals surface area contributed by atoms with Crippen LogP contribution < -0.4 is 0 Å². The summed E-state index contributed by atoms with van der Waals surface area (Å²) in [4.78, 5) is 62.3. The lowest BCUT2D eigenvalue weighted by Gasteiger charge is -2.11. The van der Waals surface area contributed by atoms with Crippen molar-refractivity contribution in [3.63, 3.8) is 0 Å². The zero-order chi connectivity index (χ0) is 60.8. The van der Waals surface area contributed by atoms with Crippen LogP contribution in [0, 0.1) is 41.5 Å². The predicted molar refractivity (Wildman–Crippen MR) is 349 cm³/mol. The lowest BCUT2D eigenvalue weighted by molar-refractivity contribution is 0.103. The zero-order valence-corrected chi connectivity index (χ0v) is 51.1. The minimum absolute atomic E-state index is 0.0270. The molecule has 10 rings (SSSR count). The first-order valence-corrected chi connectivity index (χ1v) is 28.9. The van der Waals surface area contributed by atoms with Gasteiger partial charge in [0.1, 0.15) is 0 Å². The van der Waals surface area contributed by atoms with E-state index in [1.54, 1.807) is 12.1 Å². The second-order valence-corrected chi connectivity index (χ2v) is 19.2. The van der Waals surface area contributed by atoms with E-state index >= 15 is 0 Å². The van der Waals surface area contributed by atoms with Crippen molar-refractivity contribution in [2.75, 3.05) is 12.8 Å². The molecule has 0 aliphatic carbocycles. The Balaban J connectivity index is 0.000000241. The van der Waals surface area contributed by atoms with Crippen LogP contribution in [0.3, 0.4) is 0 Å². The summed E-state index contributed by atoms with van der Waals surface area (Å²) in [6.07, 6.45) is 2.94. The Labute approximate surface area is 506 Å². The van der Waals surface area contributed by atoms with Crippen molar-refractivity contribution < 1.29 is 24.0 Å².